The quantitative estimate of drug-likeness (QED) is 0.888. The molecule has 2 aromatic rings. The van der Waals surface area contributed by atoms with Crippen molar-refractivity contribution in [1.29, 1.82) is 0 Å². The van der Waals surface area contributed by atoms with E-state index in [9.17, 15) is 9.59 Å². The molecule has 2 aromatic carbocycles. The van der Waals surface area contributed by atoms with Crippen LogP contribution in [-0.2, 0) is 17.8 Å². The lowest BCUT2D eigenvalue weighted by atomic mass is 10.0. The van der Waals surface area contributed by atoms with E-state index in [1.807, 2.05) is 38.1 Å². The van der Waals surface area contributed by atoms with Gasteiger partial charge in [0.2, 0.25) is 11.8 Å². The number of nitrogens with one attached hydrogen (secondary N) is 1. The average molecular weight is 296 g/mol. The molecule has 0 radical (unpaired) electrons. The van der Waals surface area contributed by atoms with Crippen molar-refractivity contribution in [1.82, 2.24) is 5.32 Å². The van der Waals surface area contributed by atoms with Gasteiger partial charge in [-0.1, -0.05) is 35.9 Å². The lowest BCUT2D eigenvalue weighted by molar-refractivity contribution is -0.120. The Morgan fingerprint density at radius 2 is 1.86 bits per heavy atom. The Morgan fingerprint density at radius 1 is 1.09 bits per heavy atom. The zero-order chi connectivity index (χ0) is 16.1. The number of benzene rings is 2. The van der Waals surface area contributed by atoms with Gasteiger partial charge in [0.05, 0.1) is 6.42 Å². The first kappa shape index (κ1) is 15.8. The maximum absolute atomic E-state index is 12.1. The molecule has 2 amide bonds. The van der Waals surface area contributed by atoms with Crippen LogP contribution in [0.15, 0.2) is 42.5 Å². The van der Waals surface area contributed by atoms with Gasteiger partial charge in [0.1, 0.15) is 0 Å². The predicted octanol–water partition coefficient (Wildman–Crippen LogP) is 2.26. The Kier molecular flexibility index (Phi) is 4.94. The van der Waals surface area contributed by atoms with Crippen LogP contribution in [0.2, 0.25) is 0 Å². The van der Waals surface area contributed by atoms with E-state index in [0.29, 0.717) is 18.5 Å². The molecule has 0 spiro atoms. The van der Waals surface area contributed by atoms with Crippen LogP contribution >= 0.6 is 0 Å². The third-order valence-corrected chi connectivity index (χ3v) is 3.56. The number of amides is 2. The third kappa shape index (κ3) is 4.19. The molecule has 0 unspecified atom stereocenters. The SMILES string of the molecule is Cc1ccc(C)c(CC(=O)NCc2cccc(C(N)=O)c2)c1. The highest BCUT2D eigenvalue weighted by Gasteiger charge is 2.07. The lowest BCUT2D eigenvalue weighted by Gasteiger charge is -2.09. The van der Waals surface area contributed by atoms with Crippen molar-refractivity contribution in [2.75, 3.05) is 0 Å². The molecule has 0 aromatic heterocycles. The molecule has 0 saturated carbocycles. The molecule has 0 heterocycles. The van der Waals surface area contributed by atoms with E-state index in [2.05, 4.69) is 5.32 Å². The zero-order valence-electron chi connectivity index (χ0n) is 12.8. The van der Waals surface area contributed by atoms with Gasteiger partial charge in [-0.2, -0.15) is 0 Å². The second-order valence-corrected chi connectivity index (χ2v) is 5.45. The van der Waals surface area contributed by atoms with Gasteiger partial charge < -0.3 is 11.1 Å². The van der Waals surface area contributed by atoms with Crippen molar-refractivity contribution in [2.45, 2.75) is 26.8 Å². The summed E-state index contributed by atoms with van der Waals surface area (Å²) in [5.74, 6) is -0.512. The first-order valence-corrected chi connectivity index (χ1v) is 7.17. The van der Waals surface area contributed by atoms with Crippen LogP contribution < -0.4 is 11.1 Å². The highest BCUT2D eigenvalue weighted by atomic mass is 16.1. The van der Waals surface area contributed by atoms with Crippen molar-refractivity contribution in [3.05, 3.63) is 70.3 Å². The topological polar surface area (TPSA) is 72.2 Å². The molecule has 0 bridgehead atoms. The van der Waals surface area contributed by atoms with Crippen LogP contribution in [0.3, 0.4) is 0 Å². The second kappa shape index (κ2) is 6.89. The Morgan fingerprint density at radius 3 is 2.59 bits per heavy atom. The minimum Gasteiger partial charge on any atom is -0.366 e. The largest absolute Gasteiger partial charge is 0.366 e. The number of primary amides is 1. The monoisotopic (exact) mass is 296 g/mol. The highest BCUT2D eigenvalue weighted by molar-refractivity contribution is 5.92. The third-order valence-electron chi connectivity index (χ3n) is 3.56. The Labute approximate surface area is 130 Å². The summed E-state index contributed by atoms with van der Waals surface area (Å²) in [5, 5.41) is 2.87. The number of aryl methyl sites for hydroxylation is 2. The summed E-state index contributed by atoms with van der Waals surface area (Å²) in [7, 11) is 0. The summed E-state index contributed by atoms with van der Waals surface area (Å²) in [6.45, 7) is 4.39. The van der Waals surface area contributed by atoms with Crippen LogP contribution in [0.1, 0.15) is 32.6 Å². The van der Waals surface area contributed by atoms with Gasteiger partial charge in [-0.05, 0) is 42.7 Å². The number of carbonyl (C=O) groups excluding carboxylic acids is 2. The van der Waals surface area contributed by atoms with Gasteiger partial charge in [0, 0.05) is 12.1 Å². The molecule has 0 aliphatic carbocycles. The van der Waals surface area contributed by atoms with Crippen LogP contribution in [0, 0.1) is 13.8 Å². The Bertz CT molecular complexity index is 708. The fourth-order valence-corrected chi connectivity index (χ4v) is 2.26. The van der Waals surface area contributed by atoms with E-state index in [4.69, 9.17) is 5.73 Å². The first-order chi connectivity index (χ1) is 10.5. The molecule has 0 saturated heterocycles. The molecule has 0 fully saturated rings. The van der Waals surface area contributed by atoms with Gasteiger partial charge in [-0.25, -0.2) is 0 Å². The molecule has 22 heavy (non-hydrogen) atoms. The van der Waals surface area contributed by atoms with Crippen LogP contribution in [0.25, 0.3) is 0 Å². The van der Waals surface area contributed by atoms with Crippen molar-refractivity contribution in [3.8, 4) is 0 Å². The standard InChI is InChI=1S/C18H20N2O2/c1-12-6-7-13(2)16(8-12)10-17(21)20-11-14-4-3-5-15(9-14)18(19)22/h3-9H,10-11H2,1-2H3,(H2,19,22)(H,20,21). The summed E-state index contributed by atoms with van der Waals surface area (Å²) < 4.78 is 0. The first-order valence-electron chi connectivity index (χ1n) is 7.17. The number of hydrogen-bond acceptors (Lipinski definition) is 2. The van der Waals surface area contributed by atoms with E-state index in [1.54, 1.807) is 18.2 Å². The van der Waals surface area contributed by atoms with Crippen molar-refractivity contribution in [3.63, 3.8) is 0 Å². The molecular weight excluding hydrogens is 276 g/mol. The molecule has 2 rings (SSSR count). The van der Waals surface area contributed by atoms with Crippen molar-refractivity contribution in [2.24, 2.45) is 5.73 Å². The maximum Gasteiger partial charge on any atom is 0.248 e. The summed E-state index contributed by atoms with van der Waals surface area (Å²) >= 11 is 0. The van der Waals surface area contributed by atoms with Crippen LogP contribution in [0.4, 0.5) is 0 Å². The lowest BCUT2D eigenvalue weighted by Crippen LogP contribution is -2.25. The van der Waals surface area contributed by atoms with E-state index >= 15 is 0 Å². The summed E-state index contributed by atoms with van der Waals surface area (Å²) in [6.07, 6.45) is 0.350. The van der Waals surface area contributed by atoms with E-state index in [1.165, 1.54) is 0 Å². The van der Waals surface area contributed by atoms with Crippen molar-refractivity contribution >= 4 is 11.8 Å². The average Bonchev–Trinajstić information content (AvgIpc) is 2.49. The van der Waals surface area contributed by atoms with Gasteiger partial charge in [-0.3, -0.25) is 9.59 Å². The predicted molar refractivity (Wildman–Crippen MR) is 86.4 cm³/mol. The molecular formula is C18H20N2O2. The van der Waals surface area contributed by atoms with Gasteiger partial charge in [-0.15, -0.1) is 0 Å². The molecule has 0 aliphatic heterocycles. The molecule has 0 aliphatic rings. The zero-order valence-corrected chi connectivity index (χ0v) is 12.8. The van der Waals surface area contributed by atoms with Crippen molar-refractivity contribution < 1.29 is 9.59 Å². The highest BCUT2D eigenvalue weighted by Crippen LogP contribution is 2.11. The van der Waals surface area contributed by atoms with E-state index in [0.717, 1.165) is 22.3 Å². The van der Waals surface area contributed by atoms with Gasteiger partial charge in [0.25, 0.3) is 0 Å². The molecule has 3 N–H and O–H groups in total. The Balaban J connectivity index is 1.97. The fraction of sp³-hybridized carbons (Fsp3) is 0.222. The summed E-state index contributed by atoms with van der Waals surface area (Å²) in [6, 6.07) is 13.0. The number of nitrogens with two attached hydrogens (primary N) is 1. The minimum absolute atomic E-state index is 0.0434. The van der Waals surface area contributed by atoms with Crippen LogP contribution in [-0.4, -0.2) is 11.8 Å². The number of rotatable bonds is 5. The second-order valence-electron chi connectivity index (χ2n) is 5.45. The van der Waals surface area contributed by atoms with E-state index in [-0.39, 0.29) is 5.91 Å². The molecule has 4 nitrogen and oxygen atoms in total. The smallest absolute Gasteiger partial charge is 0.248 e. The van der Waals surface area contributed by atoms with Gasteiger partial charge in [0.15, 0.2) is 0 Å². The van der Waals surface area contributed by atoms with E-state index < -0.39 is 5.91 Å². The fourth-order valence-electron chi connectivity index (χ4n) is 2.26. The maximum atomic E-state index is 12.1. The molecule has 4 heteroatoms. The minimum atomic E-state index is -0.469. The van der Waals surface area contributed by atoms with Gasteiger partial charge >= 0.3 is 0 Å². The summed E-state index contributed by atoms with van der Waals surface area (Å²) in [5.41, 5.74) is 9.82. The molecule has 0 atom stereocenters. The summed E-state index contributed by atoms with van der Waals surface area (Å²) in [4.78, 5) is 23.2. The Hall–Kier alpha value is -2.62. The normalized spacial score (nSPS) is 10.3. The van der Waals surface area contributed by atoms with Crippen LogP contribution in [0.5, 0.6) is 0 Å². The molecule has 114 valence electrons. The number of carbonyl (C=O) groups is 2. The number of hydrogen-bond donors (Lipinski definition) is 2.